The van der Waals surface area contributed by atoms with Crippen molar-refractivity contribution in [3.63, 3.8) is 0 Å². The number of hydrogen-bond acceptors (Lipinski definition) is 3. The molecule has 122 valence electrons. The van der Waals surface area contributed by atoms with Crippen molar-refractivity contribution in [1.29, 1.82) is 0 Å². The fourth-order valence-electron chi connectivity index (χ4n) is 2.95. The molecule has 1 amide bonds. The zero-order valence-corrected chi connectivity index (χ0v) is 13.5. The minimum Gasteiger partial charge on any atom is -0.484 e. The number of aryl methyl sites for hydroxylation is 2. The molecule has 1 aromatic heterocycles. The summed E-state index contributed by atoms with van der Waals surface area (Å²) < 4.78 is 7.52. The quantitative estimate of drug-likeness (QED) is 0.890. The average molecular weight is 313 g/mol. The normalized spacial score (nSPS) is 13.4. The Morgan fingerprint density at radius 2 is 2.22 bits per heavy atom. The number of nitrogens with zero attached hydrogens (tertiary/aromatic N) is 2. The van der Waals surface area contributed by atoms with E-state index in [4.69, 9.17) is 4.74 Å². The molecule has 0 fully saturated rings. The molecule has 5 heteroatoms. The van der Waals surface area contributed by atoms with Crippen LogP contribution in [0.4, 0.5) is 0 Å². The SMILES string of the molecule is Cc1cccc(OCC(=O)NCCn2ncc3c2CCCC3)c1. The highest BCUT2D eigenvalue weighted by molar-refractivity contribution is 5.77. The smallest absolute Gasteiger partial charge is 0.258 e. The molecule has 23 heavy (non-hydrogen) atoms. The summed E-state index contributed by atoms with van der Waals surface area (Å²) in [4.78, 5) is 11.9. The number of amides is 1. The highest BCUT2D eigenvalue weighted by Gasteiger charge is 2.14. The van der Waals surface area contributed by atoms with E-state index in [1.807, 2.05) is 42.1 Å². The molecule has 1 aliphatic carbocycles. The predicted molar refractivity (Wildman–Crippen MR) is 88.6 cm³/mol. The van der Waals surface area contributed by atoms with Crippen molar-refractivity contribution in [2.45, 2.75) is 39.2 Å². The Bertz CT molecular complexity index is 679. The van der Waals surface area contributed by atoms with Crippen LogP contribution in [0.1, 0.15) is 29.7 Å². The molecule has 1 heterocycles. The molecule has 0 saturated heterocycles. The van der Waals surface area contributed by atoms with Crippen LogP contribution in [-0.2, 0) is 24.2 Å². The summed E-state index contributed by atoms with van der Waals surface area (Å²) >= 11 is 0. The molecular weight excluding hydrogens is 290 g/mol. The lowest BCUT2D eigenvalue weighted by Crippen LogP contribution is -2.32. The number of benzene rings is 1. The van der Waals surface area contributed by atoms with Crippen molar-refractivity contribution in [2.75, 3.05) is 13.2 Å². The van der Waals surface area contributed by atoms with Gasteiger partial charge in [0.1, 0.15) is 5.75 Å². The van der Waals surface area contributed by atoms with Crippen LogP contribution in [-0.4, -0.2) is 28.8 Å². The van der Waals surface area contributed by atoms with Crippen molar-refractivity contribution in [2.24, 2.45) is 0 Å². The first-order valence-corrected chi connectivity index (χ1v) is 8.22. The van der Waals surface area contributed by atoms with Crippen molar-refractivity contribution < 1.29 is 9.53 Å². The second-order valence-corrected chi connectivity index (χ2v) is 6.00. The Morgan fingerprint density at radius 1 is 1.35 bits per heavy atom. The van der Waals surface area contributed by atoms with Crippen molar-refractivity contribution in [3.05, 3.63) is 47.3 Å². The van der Waals surface area contributed by atoms with Crippen LogP contribution in [0.15, 0.2) is 30.5 Å². The largest absolute Gasteiger partial charge is 0.484 e. The number of nitrogens with one attached hydrogen (secondary N) is 1. The highest BCUT2D eigenvalue weighted by Crippen LogP contribution is 2.20. The Balaban J connectivity index is 1.42. The minimum atomic E-state index is -0.104. The van der Waals surface area contributed by atoms with Crippen LogP contribution in [0.2, 0.25) is 0 Å². The van der Waals surface area contributed by atoms with Gasteiger partial charge in [-0.2, -0.15) is 5.10 Å². The van der Waals surface area contributed by atoms with Crippen LogP contribution in [0.25, 0.3) is 0 Å². The monoisotopic (exact) mass is 313 g/mol. The second-order valence-electron chi connectivity index (χ2n) is 6.00. The highest BCUT2D eigenvalue weighted by atomic mass is 16.5. The lowest BCUT2D eigenvalue weighted by atomic mass is 9.98. The van der Waals surface area contributed by atoms with Gasteiger partial charge in [-0.15, -0.1) is 0 Å². The molecule has 2 aromatic rings. The average Bonchev–Trinajstić information content (AvgIpc) is 2.97. The van der Waals surface area contributed by atoms with Gasteiger partial charge in [0.2, 0.25) is 0 Å². The molecule has 5 nitrogen and oxygen atoms in total. The third kappa shape index (κ3) is 4.12. The summed E-state index contributed by atoms with van der Waals surface area (Å²) in [5, 5.41) is 7.32. The lowest BCUT2D eigenvalue weighted by Gasteiger charge is -2.14. The Labute approximate surface area is 136 Å². The van der Waals surface area contributed by atoms with E-state index >= 15 is 0 Å². The maximum absolute atomic E-state index is 11.9. The molecule has 0 aliphatic heterocycles. The van der Waals surface area contributed by atoms with Gasteiger partial charge in [-0.05, 0) is 55.9 Å². The summed E-state index contributed by atoms with van der Waals surface area (Å²) in [6.07, 6.45) is 6.68. The van der Waals surface area contributed by atoms with Crippen LogP contribution in [0.5, 0.6) is 5.75 Å². The number of carbonyl (C=O) groups is 1. The molecule has 1 aromatic carbocycles. The topological polar surface area (TPSA) is 56.1 Å². The number of aromatic nitrogens is 2. The van der Waals surface area contributed by atoms with E-state index in [0.717, 1.165) is 24.2 Å². The number of hydrogen-bond donors (Lipinski definition) is 1. The van der Waals surface area contributed by atoms with Crippen molar-refractivity contribution in [3.8, 4) is 5.75 Å². The van der Waals surface area contributed by atoms with Gasteiger partial charge in [0.05, 0.1) is 12.7 Å². The van der Waals surface area contributed by atoms with Crippen LogP contribution < -0.4 is 10.1 Å². The molecule has 0 atom stereocenters. The van der Waals surface area contributed by atoms with E-state index < -0.39 is 0 Å². The maximum Gasteiger partial charge on any atom is 0.258 e. The maximum atomic E-state index is 11.9. The summed E-state index contributed by atoms with van der Waals surface area (Å²) in [5.74, 6) is 0.619. The molecule has 1 N–H and O–H groups in total. The number of carbonyl (C=O) groups excluding carboxylic acids is 1. The van der Waals surface area contributed by atoms with Gasteiger partial charge in [-0.3, -0.25) is 9.48 Å². The van der Waals surface area contributed by atoms with Gasteiger partial charge in [0.15, 0.2) is 6.61 Å². The fraction of sp³-hybridized carbons (Fsp3) is 0.444. The third-order valence-corrected chi connectivity index (χ3v) is 4.15. The Morgan fingerprint density at radius 3 is 3.09 bits per heavy atom. The summed E-state index contributed by atoms with van der Waals surface area (Å²) in [6.45, 7) is 3.33. The van der Waals surface area contributed by atoms with E-state index in [1.165, 1.54) is 24.1 Å². The van der Waals surface area contributed by atoms with E-state index in [-0.39, 0.29) is 12.5 Å². The van der Waals surface area contributed by atoms with Gasteiger partial charge in [-0.25, -0.2) is 0 Å². The van der Waals surface area contributed by atoms with Crippen LogP contribution >= 0.6 is 0 Å². The van der Waals surface area contributed by atoms with E-state index in [1.54, 1.807) is 0 Å². The summed E-state index contributed by atoms with van der Waals surface area (Å²) in [5.41, 5.74) is 3.82. The predicted octanol–water partition coefficient (Wildman–Crippen LogP) is 2.27. The first-order valence-electron chi connectivity index (χ1n) is 8.22. The second kappa shape index (κ2) is 7.31. The molecular formula is C18H23N3O2. The number of rotatable bonds is 6. The Kier molecular flexibility index (Phi) is 4.95. The molecule has 0 bridgehead atoms. The first-order chi connectivity index (χ1) is 11.2. The van der Waals surface area contributed by atoms with E-state index in [0.29, 0.717) is 13.1 Å². The molecule has 0 spiro atoms. The van der Waals surface area contributed by atoms with Gasteiger partial charge in [-0.1, -0.05) is 12.1 Å². The lowest BCUT2D eigenvalue weighted by molar-refractivity contribution is -0.123. The Hall–Kier alpha value is -2.30. The van der Waals surface area contributed by atoms with E-state index in [9.17, 15) is 4.79 Å². The molecule has 0 unspecified atom stereocenters. The summed E-state index contributed by atoms with van der Waals surface area (Å²) in [6, 6.07) is 7.70. The molecule has 0 saturated carbocycles. The summed E-state index contributed by atoms with van der Waals surface area (Å²) in [7, 11) is 0. The number of fused-ring (bicyclic) bond motifs is 1. The number of ether oxygens (including phenoxy) is 1. The molecule has 0 radical (unpaired) electrons. The third-order valence-electron chi connectivity index (χ3n) is 4.15. The zero-order valence-electron chi connectivity index (χ0n) is 13.5. The van der Waals surface area contributed by atoms with Crippen LogP contribution in [0.3, 0.4) is 0 Å². The van der Waals surface area contributed by atoms with E-state index in [2.05, 4.69) is 10.4 Å². The van der Waals surface area contributed by atoms with Crippen LogP contribution in [0, 0.1) is 6.92 Å². The minimum absolute atomic E-state index is 0.0423. The van der Waals surface area contributed by atoms with Gasteiger partial charge in [0, 0.05) is 12.2 Å². The van der Waals surface area contributed by atoms with Gasteiger partial charge < -0.3 is 10.1 Å². The van der Waals surface area contributed by atoms with Gasteiger partial charge in [0.25, 0.3) is 5.91 Å². The van der Waals surface area contributed by atoms with Crippen molar-refractivity contribution >= 4 is 5.91 Å². The first kappa shape index (κ1) is 15.6. The van der Waals surface area contributed by atoms with Crippen molar-refractivity contribution in [1.82, 2.24) is 15.1 Å². The molecule has 3 rings (SSSR count). The molecule has 1 aliphatic rings. The van der Waals surface area contributed by atoms with Gasteiger partial charge >= 0.3 is 0 Å². The fourth-order valence-corrected chi connectivity index (χ4v) is 2.95. The zero-order chi connectivity index (χ0) is 16.1. The standard InChI is InChI=1S/C18H23N3O2/c1-14-5-4-7-16(11-14)23-13-18(22)19-9-10-21-17-8-3-2-6-15(17)12-20-21/h4-5,7,11-12H,2-3,6,8-10,13H2,1H3,(H,19,22).